The van der Waals surface area contributed by atoms with Gasteiger partial charge in [-0.15, -0.1) is 0 Å². The molecule has 11 heteroatoms. The van der Waals surface area contributed by atoms with Crippen molar-refractivity contribution in [2.75, 3.05) is 31.6 Å². The summed E-state index contributed by atoms with van der Waals surface area (Å²) in [6.45, 7) is 16.6. The number of piperidine rings is 1. The average molecular weight is 695 g/mol. The third kappa shape index (κ3) is 11.3. The quantitative estimate of drug-likeness (QED) is 0.146. The Balaban J connectivity index is 1.32. The SMILES string of the molecule is Cc1ccc(-c2cc(CN3CCC[C@H](NC(=O)OC(C)(C)C)C3)cc(NC(=O)c3cc(-c4ccc(OCCOC(C)C)cc4)c(C)cn3)n2)cn1. The number of aryl methyl sites for hydroxylation is 2. The molecule has 11 nitrogen and oxygen atoms in total. The Bertz CT molecular complexity index is 1790. The number of carbonyl (C=O) groups excluding carboxylic acids is 2. The summed E-state index contributed by atoms with van der Waals surface area (Å²) in [4.78, 5) is 42.2. The van der Waals surface area contributed by atoms with Crippen molar-refractivity contribution >= 4 is 17.8 Å². The molecule has 1 atom stereocenters. The molecule has 2 N–H and O–H groups in total. The predicted molar refractivity (Wildman–Crippen MR) is 199 cm³/mol. The number of benzene rings is 1. The molecule has 51 heavy (non-hydrogen) atoms. The molecule has 0 bridgehead atoms. The van der Waals surface area contributed by atoms with Gasteiger partial charge >= 0.3 is 6.09 Å². The number of rotatable bonds is 12. The zero-order valence-corrected chi connectivity index (χ0v) is 30.8. The van der Waals surface area contributed by atoms with E-state index in [9.17, 15) is 9.59 Å². The minimum atomic E-state index is -0.558. The van der Waals surface area contributed by atoms with E-state index in [0.29, 0.717) is 37.8 Å². The number of nitrogens with zero attached hydrogens (tertiary/aromatic N) is 4. The maximum Gasteiger partial charge on any atom is 0.407 e. The van der Waals surface area contributed by atoms with Crippen molar-refractivity contribution in [2.24, 2.45) is 0 Å². The van der Waals surface area contributed by atoms with Gasteiger partial charge in [-0.3, -0.25) is 19.7 Å². The van der Waals surface area contributed by atoms with E-state index in [1.807, 2.05) is 97.0 Å². The van der Waals surface area contributed by atoms with E-state index in [1.165, 1.54) is 0 Å². The second-order valence-corrected chi connectivity index (χ2v) is 14.3. The molecule has 1 aliphatic heterocycles. The van der Waals surface area contributed by atoms with E-state index in [0.717, 1.165) is 58.6 Å². The van der Waals surface area contributed by atoms with Crippen LogP contribution in [-0.4, -0.2) is 75.9 Å². The fourth-order valence-corrected chi connectivity index (χ4v) is 5.87. The van der Waals surface area contributed by atoms with Crippen molar-refractivity contribution in [3.63, 3.8) is 0 Å². The van der Waals surface area contributed by atoms with Crippen LogP contribution in [0.4, 0.5) is 10.6 Å². The van der Waals surface area contributed by atoms with Crippen molar-refractivity contribution in [1.82, 2.24) is 25.2 Å². The maximum atomic E-state index is 13.7. The maximum absolute atomic E-state index is 13.7. The molecule has 270 valence electrons. The van der Waals surface area contributed by atoms with Crippen molar-refractivity contribution in [3.8, 4) is 28.1 Å². The number of hydrogen-bond acceptors (Lipinski definition) is 9. The molecule has 1 saturated heterocycles. The molecular formula is C40H50N6O5. The van der Waals surface area contributed by atoms with Crippen LogP contribution in [0.2, 0.25) is 0 Å². The number of amides is 2. The number of hydrogen-bond donors (Lipinski definition) is 2. The Morgan fingerprint density at radius 2 is 1.73 bits per heavy atom. The number of anilines is 1. The van der Waals surface area contributed by atoms with Gasteiger partial charge in [-0.25, -0.2) is 9.78 Å². The predicted octanol–water partition coefficient (Wildman–Crippen LogP) is 7.37. The monoisotopic (exact) mass is 694 g/mol. The number of alkyl carbamates (subject to hydrolysis) is 1. The van der Waals surface area contributed by atoms with Gasteiger partial charge in [0.15, 0.2) is 0 Å². The number of carbonyl (C=O) groups is 2. The van der Waals surface area contributed by atoms with Crippen LogP contribution in [0.15, 0.2) is 67.0 Å². The fourth-order valence-electron chi connectivity index (χ4n) is 5.87. The van der Waals surface area contributed by atoms with Gasteiger partial charge in [0, 0.05) is 42.8 Å². The van der Waals surface area contributed by atoms with E-state index in [1.54, 1.807) is 18.5 Å². The molecule has 0 radical (unpaired) electrons. The highest BCUT2D eigenvalue weighted by atomic mass is 16.6. The minimum absolute atomic E-state index is 0.0229. The summed E-state index contributed by atoms with van der Waals surface area (Å²) < 4.78 is 16.9. The van der Waals surface area contributed by atoms with Gasteiger partial charge in [0.1, 0.15) is 29.5 Å². The van der Waals surface area contributed by atoms with Crippen molar-refractivity contribution < 1.29 is 23.8 Å². The van der Waals surface area contributed by atoms with Gasteiger partial charge < -0.3 is 24.8 Å². The molecule has 1 aromatic carbocycles. The first-order chi connectivity index (χ1) is 24.3. The third-order valence-electron chi connectivity index (χ3n) is 8.27. The molecule has 4 heterocycles. The number of nitrogens with one attached hydrogen (secondary N) is 2. The Labute approximate surface area is 301 Å². The summed E-state index contributed by atoms with van der Waals surface area (Å²) in [5.41, 5.74) is 5.94. The zero-order valence-electron chi connectivity index (χ0n) is 30.8. The van der Waals surface area contributed by atoms with Gasteiger partial charge in [-0.2, -0.15) is 0 Å². The van der Waals surface area contributed by atoms with Gasteiger partial charge in [-0.1, -0.05) is 12.1 Å². The molecule has 4 aromatic rings. The first-order valence-corrected chi connectivity index (χ1v) is 17.6. The molecule has 5 rings (SSSR count). The van der Waals surface area contributed by atoms with Crippen molar-refractivity contribution in [2.45, 2.75) is 85.6 Å². The minimum Gasteiger partial charge on any atom is -0.491 e. The van der Waals surface area contributed by atoms with Gasteiger partial charge in [0.2, 0.25) is 0 Å². The Hall–Kier alpha value is -4.87. The number of likely N-dealkylation sites (tertiary alicyclic amines) is 1. The van der Waals surface area contributed by atoms with Crippen LogP contribution in [0.1, 0.15) is 74.8 Å². The Kier molecular flexibility index (Phi) is 12.4. The third-order valence-corrected chi connectivity index (χ3v) is 8.27. The highest BCUT2D eigenvalue weighted by molar-refractivity contribution is 6.03. The van der Waals surface area contributed by atoms with Crippen molar-refractivity contribution in [1.29, 1.82) is 0 Å². The van der Waals surface area contributed by atoms with Crippen LogP contribution in [0.25, 0.3) is 22.4 Å². The lowest BCUT2D eigenvalue weighted by Crippen LogP contribution is -2.48. The second-order valence-electron chi connectivity index (χ2n) is 14.3. The summed E-state index contributed by atoms with van der Waals surface area (Å²) in [5, 5.41) is 6.03. The number of pyridine rings is 3. The summed E-state index contributed by atoms with van der Waals surface area (Å²) in [6.07, 6.45) is 5.08. The lowest BCUT2D eigenvalue weighted by atomic mass is 10.0. The highest BCUT2D eigenvalue weighted by Gasteiger charge is 2.25. The molecule has 0 saturated carbocycles. The van der Waals surface area contributed by atoms with Crippen LogP contribution in [0, 0.1) is 13.8 Å². The largest absolute Gasteiger partial charge is 0.491 e. The van der Waals surface area contributed by atoms with Crippen LogP contribution < -0.4 is 15.4 Å². The van der Waals surface area contributed by atoms with Crippen molar-refractivity contribution in [3.05, 3.63) is 89.5 Å². The average Bonchev–Trinajstić information content (AvgIpc) is 3.06. The summed E-state index contributed by atoms with van der Waals surface area (Å²) in [5.74, 6) is 0.805. The lowest BCUT2D eigenvalue weighted by Gasteiger charge is -2.33. The van der Waals surface area contributed by atoms with E-state index in [2.05, 4.69) is 25.5 Å². The first-order valence-electron chi connectivity index (χ1n) is 17.6. The smallest absolute Gasteiger partial charge is 0.407 e. The van der Waals surface area contributed by atoms with E-state index in [4.69, 9.17) is 19.2 Å². The van der Waals surface area contributed by atoms with Gasteiger partial charge in [0.05, 0.1) is 18.4 Å². The highest BCUT2D eigenvalue weighted by Crippen LogP contribution is 2.27. The Morgan fingerprint density at radius 1 is 0.961 bits per heavy atom. The summed E-state index contributed by atoms with van der Waals surface area (Å²) in [6, 6.07) is 17.4. The molecule has 1 fully saturated rings. The van der Waals surface area contributed by atoms with Crippen LogP contribution >= 0.6 is 0 Å². The van der Waals surface area contributed by atoms with Crippen LogP contribution in [-0.2, 0) is 16.0 Å². The normalized spacial score (nSPS) is 15.0. The lowest BCUT2D eigenvalue weighted by molar-refractivity contribution is 0.0470. The zero-order chi connectivity index (χ0) is 36.5. The van der Waals surface area contributed by atoms with Gasteiger partial charge in [-0.05, 0) is 133 Å². The number of ether oxygens (including phenoxy) is 3. The molecule has 0 aliphatic carbocycles. The molecular weight excluding hydrogens is 644 g/mol. The van der Waals surface area contributed by atoms with Crippen LogP contribution in [0.5, 0.6) is 5.75 Å². The van der Waals surface area contributed by atoms with Gasteiger partial charge in [0.25, 0.3) is 5.91 Å². The molecule has 3 aromatic heterocycles. The summed E-state index contributed by atoms with van der Waals surface area (Å²) in [7, 11) is 0. The molecule has 2 amide bonds. The topological polar surface area (TPSA) is 128 Å². The van der Waals surface area contributed by atoms with Crippen LogP contribution in [0.3, 0.4) is 0 Å². The number of aromatic nitrogens is 3. The van der Waals surface area contributed by atoms with E-state index < -0.39 is 11.7 Å². The fraction of sp³-hybridized carbons (Fsp3) is 0.425. The van der Waals surface area contributed by atoms with E-state index in [-0.39, 0.29) is 23.7 Å². The Morgan fingerprint density at radius 3 is 2.43 bits per heavy atom. The second kappa shape index (κ2) is 16.9. The molecule has 1 aliphatic rings. The standard InChI is InChI=1S/C40H50N6O5/c1-26(2)49-17-18-50-33-14-12-30(13-15-33)34-21-36(42-22-27(34)3)38(47)45-37-20-29(19-35(44-37)31-11-10-28(4)41-23-31)24-46-16-8-9-32(25-46)43-39(48)51-40(5,6)7/h10-15,19-23,26,32H,8-9,16-18,24-25H2,1-7H3,(H,43,48)(H,44,45,47)/t32-/m0/s1. The summed E-state index contributed by atoms with van der Waals surface area (Å²) >= 11 is 0. The molecule has 0 spiro atoms. The van der Waals surface area contributed by atoms with E-state index >= 15 is 0 Å². The molecule has 0 unspecified atom stereocenters. The first kappa shape index (κ1) is 37.4.